The Bertz CT molecular complexity index is 853. The summed E-state index contributed by atoms with van der Waals surface area (Å²) in [4.78, 5) is 0. The molecular weight excluding hydrogens is 457 g/mol. The van der Waals surface area contributed by atoms with Crippen LogP contribution >= 0.6 is 0 Å². The summed E-state index contributed by atoms with van der Waals surface area (Å²) in [5.41, 5.74) is 1.57. The molecule has 0 spiro atoms. The van der Waals surface area contributed by atoms with Gasteiger partial charge in [0.05, 0.1) is 6.10 Å². The van der Waals surface area contributed by atoms with Gasteiger partial charge >= 0.3 is 0 Å². The molecule has 36 heavy (non-hydrogen) atoms. The van der Waals surface area contributed by atoms with Crippen molar-refractivity contribution in [3.8, 4) is 0 Å². The number of rotatable bonds is 12. The molecule has 0 aromatic heterocycles. The lowest BCUT2D eigenvalue weighted by molar-refractivity contribution is -0.0326. The zero-order valence-electron chi connectivity index (χ0n) is 22.7. The van der Waals surface area contributed by atoms with Crippen molar-refractivity contribution >= 4 is 5.57 Å². The van der Waals surface area contributed by atoms with Crippen molar-refractivity contribution in [2.24, 2.45) is 11.8 Å². The van der Waals surface area contributed by atoms with Crippen molar-refractivity contribution in [2.45, 2.75) is 122 Å². The van der Waals surface area contributed by atoms with E-state index < -0.39 is 17.8 Å². The molecule has 202 valence electrons. The molecule has 3 unspecified atom stereocenters. The van der Waals surface area contributed by atoms with Gasteiger partial charge in [0.1, 0.15) is 6.17 Å². The fourth-order valence-electron chi connectivity index (χ4n) is 5.97. The third kappa shape index (κ3) is 7.97. The molecule has 0 radical (unpaired) electrons. The van der Waals surface area contributed by atoms with Crippen LogP contribution in [0.5, 0.6) is 0 Å². The van der Waals surface area contributed by atoms with Crippen molar-refractivity contribution in [2.75, 3.05) is 6.61 Å². The second-order valence-corrected chi connectivity index (χ2v) is 11.0. The summed E-state index contributed by atoms with van der Waals surface area (Å²) in [7, 11) is 0. The van der Waals surface area contributed by atoms with Crippen LogP contribution in [0.2, 0.25) is 0 Å². The highest BCUT2D eigenvalue weighted by Gasteiger charge is 2.32. The van der Waals surface area contributed by atoms with Crippen molar-refractivity contribution in [3.05, 3.63) is 53.1 Å². The quantitative estimate of drug-likeness (QED) is 0.203. The van der Waals surface area contributed by atoms with Gasteiger partial charge in [-0.05, 0) is 87.2 Å². The summed E-state index contributed by atoms with van der Waals surface area (Å²) in [5, 5.41) is 0. The summed E-state index contributed by atoms with van der Waals surface area (Å²) in [6, 6.07) is 3.53. The first-order valence-corrected chi connectivity index (χ1v) is 14.5. The van der Waals surface area contributed by atoms with Crippen molar-refractivity contribution in [1.29, 1.82) is 0 Å². The number of halogens is 3. The number of allylic oxidation sites excluding steroid dienone is 4. The molecule has 0 saturated heterocycles. The molecule has 3 rings (SSSR count). The summed E-state index contributed by atoms with van der Waals surface area (Å²) in [5.74, 6) is -0.748. The molecule has 0 aliphatic heterocycles. The first kappa shape index (κ1) is 29.0. The summed E-state index contributed by atoms with van der Waals surface area (Å²) >= 11 is 0. The van der Waals surface area contributed by atoms with Crippen LogP contribution in [0.1, 0.15) is 121 Å². The first-order chi connectivity index (χ1) is 17.5. The zero-order valence-corrected chi connectivity index (χ0v) is 22.7. The Morgan fingerprint density at radius 1 is 0.972 bits per heavy atom. The molecule has 1 aromatic rings. The van der Waals surface area contributed by atoms with E-state index in [-0.39, 0.29) is 17.9 Å². The minimum atomic E-state index is -0.735. The fourth-order valence-corrected chi connectivity index (χ4v) is 5.97. The van der Waals surface area contributed by atoms with Gasteiger partial charge in [0.15, 0.2) is 11.6 Å². The van der Waals surface area contributed by atoms with Crippen molar-refractivity contribution in [1.82, 2.24) is 0 Å². The average molecular weight is 505 g/mol. The largest absolute Gasteiger partial charge is 0.378 e. The standard InChI is InChI=1S/C32H47F3O/c1-4-7-9-10-12-24(6-3)28-19-20-29(32(35)31(28)34)25-15-13-23(14-16-25)22-36-27-18-17-26(11-8-5-2)30(33)21-27/h6,10,12,19-20,23,25-27,30H,4-5,7-9,11,13-18,21-22H2,1-3H3/b12-10-,24-6+. The zero-order chi connectivity index (χ0) is 25.9. The Hall–Kier alpha value is -1.55. The van der Waals surface area contributed by atoms with Crippen LogP contribution < -0.4 is 0 Å². The molecule has 1 aromatic carbocycles. The van der Waals surface area contributed by atoms with Crippen molar-refractivity contribution in [3.63, 3.8) is 0 Å². The van der Waals surface area contributed by atoms with Crippen LogP contribution in [0.15, 0.2) is 30.4 Å². The van der Waals surface area contributed by atoms with Crippen LogP contribution in [0.4, 0.5) is 13.2 Å². The van der Waals surface area contributed by atoms with E-state index in [1.807, 2.05) is 25.2 Å². The predicted octanol–water partition coefficient (Wildman–Crippen LogP) is 10.1. The third-order valence-corrected chi connectivity index (χ3v) is 8.40. The molecule has 2 fully saturated rings. The maximum Gasteiger partial charge on any atom is 0.166 e. The van der Waals surface area contributed by atoms with E-state index in [1.54, 1.807) is 12.1 Å². The normalized spacial score (nSPS) is 27.6. The molecule has 0 heterocycles. The minimum absolute atomic E-state index is 0.0338. The second-order valence-electron chi connectivity index (χ2n) is 11.0. The van der Waals surface area contributed by atoms with Gasteiger partial charge < -0.3 is 4.74 Å². The van der Waals surface area contributed by atoms with E-state index in [2.05, 4.69) is 13.8 Å². The van der Waals surface area contributed by atoms with Crippen LogP contribution in [0.3, 0.4) is 0 Å². The highest BCUT2D eigenvalue weighted by Crippen LogP contribution is 2.39. The molecule has 4 heteroatoms. The highest BCUT2D eigenvalue weighted by atomic mass is 19.2. The number of ether oxygens (including phenoxy) is 1. The van der Waals surface area contributed by atoms with Crippen molar-refractivity contribution < 1.29 is 17.9 Å². The molecule has 0 bridgehead atoms. The maximum absolute atomic E-state index is 15.1. The lowest BCUT2D eigenvalue weighted by Gasteiger charge is -2.34. The number of alkyl halides is 1. The second kappa shape index (κ2) is 15.0. The fraction of sp³-hybridized carbons (Fsp3) is 0.688. The SMILES string of the molecule is C/C=C(\C=C/CCCC)c1ccc(C2CCC(COC3CCC(CCCC)C(F)C3)CC2)c(F)c1F. The number of hydrogen-bond acceptors (Lipinski definition) is 1. The molecule has 2 aliphatic carbocycles. The average Bonchev–Trinajstić information content (AvgIpc) is 2.89. The number of unbranched alkanes of at least 4 members (excludes halogenated alkanes) is 3. The third-order valence-electron chi connectivity index (χ3n) is 8.40. The summed E-state index contributed by atoms with van der Waals surface area (Å²) in [6.45, 7) is 6.82. The van der Waals surface area contributed by atoms with Gasteiger partial charge in [-0.25, -0.2) is 13.2 Å². The van der Waals surface area contributed by atoms with Crippen LogP contribution in [-0.4, -0.2) is 18.9 Å². The monoisotopic (exact) mass is 504 g/mol. The Kier molecular flexibility index (Phi) is 12.1. The van der Waals surface area contributed by atoms with Gasteiger partial charge in [0, 0.05) is 18.6 Å². The highest BCUT2D eigenvalue weighted by molar-refractivity contribution is 5.74. The van der Waals surface area contributed by atoms with E-state index in [0.717, 1.165) is 82.6 Å². The van der Waals surface area contributed by atoms with E-state index in [1.165, 1.54) is 0 Å². The van der Waals surface area contributed by atoms with Gasteiger partial charge in [-0.1, -0.05) is 69.9 Å². The molecule has 2 aliphatic rings. The summed E-state index contributed by atoms with van der Waals surface area (Å²) in [6.07, 6.45) is 17.5. The molecule has 0 N–H and O–H groups in total. The lowest BCUT2D eigenvalue weighted by Crippen LogP contribution is -2.32. The van der Waals surface area contributed by atoms with Gasteiger partial charge in [-0.3, -0.25) is 0 Å². The predicted molar refractivity (Wildman–Crippen MR) is 145 cm³/mol. The van der Waals surface area contributed by atoms with E-state index in [4.69, 9.17) is 4.74 Å². The number of hydrogen-bond donors (Lipinski definition) is 0. The molecule has 3 atom stereocenters. The number of benzene rings is 1. The van der Waals surface area contributed by atoms with Crippen LogP contribution in [0, 0.1) is 23.5 Å². The Labute approximate surface area is 217 Å². The van der Waals surface area contributed by atoms with E-state index in [0.29, 0.717) is 30.1 Å². The van der Waals surface area contributed by atoms with Gasteiger partial charge in [-0.2, -0.15) is 0 Å². The Balaban J connectivity index is 1.49. The summed E-state index contributed by atoms with van der Waals surface area (Å²) < 4.78 is 50.9. The van der Waals surface area contributed by atoms with Gasteiger partial charge in [0.25, 0.3) is 0 Å². The topological polar surface area (TPSA) is 9.23 Å². The smallest absolute Gasteiger partial charge is 0.166 e. The molecule has 2 saturated carbocycles. The lowest BCUT2D eigenvalue weighted by atomic mass is 9.78. The van der Waals surface area contributed by atoms with Gasteiger partial charge in [0.2, 0.25) is 0 Å². The van der Waals surface area contributed by atoms with E-state index in [9.17, 15) is 4.39 Å². The van der Waals surface area contributed by atoms with Gasteiger partial charge in [-0.15, -0.1) is 0 Å². The first-order valence-electron chi connectivity index (χ1n) is 14.5. The van der Waals surface area contributed by atoms with Crippen LogP contribution in [0.25, 0.3) is 5.57 Å². The molecular formula is C32H47F3O. The Morgan fingerprint density at radius 3 is 2.39 bits per heavy atom. The van der Waals surface area contributed by atoms with Crippen LogP contribution in [-0.2, 0) is 4.74 Å². The molecule has 1 nitrogen and oxygen atoms in total. The molecule has 0 amide bonds. The Morgan fingerprint density at radius 2 is 1.72 bits per heavy atom. The minimum Gasteiger partial charge on any atom is -0.378 e. The van der Waals surface area contributed by atoms with E-state index >= 15 is 8.78 Å². The maximum atomic E-state index is 15.1.